The first kappa shape index (κ1) is 18.5. The lowest BCUT2D eigenvalue weighted by Gasteiger charge is -2.27. The number of benzene rings is 2. The van der Waals surface area contributed by atoms with Gasteiger partial charge in [0.1, 0.15) is 4.75 Å². The van der Waals surface area contributed by atoms with Gasteiger partial charge in [0.2, 0.25) is 10.0 Å². The average molecular weight is 385 g/mol. The SMILES string of the molecule is Cc1ccc(C(=S)c2ccc(C(C)(c3ccccc3)S(N)(=O)=O)[nH]2)cc1. The number of nitrogens with one attached hydrogen (secondary N) is 1. The molecule has 0 saturated heterocycles. The van der Waals surface area contributed by atoms with Crippen molar-refractivity contribution in [3.63, 3.8) is 0 Å². The molecule has 2 aromatic carbocycles. The number of aromatic amines is 1. The molecule has 0 amide bonds. The van der Waals surface area contributed by atoms with Crippen LogP contribution >= 0.6 is 12.2 Å². The Morgan fingerprint density at radius 3 is 2.19 bits per heavy atom. The van der Waals surface area contributed by atoms with E-state index in [4.69, 9.17) is 17.4 Å². The Hall–Kier alpha value is -2.28. The lowest BCUT2D eigenvalue weighted by Crippen LogP contribution is -2.39. The molecule has 3 aromatic rings. The fourth-order valence-corrected chi connectivity index (χ4v) is 4.04. The molecule has 0 spiro atoms. The van der Waals surface area contributed by atoms with Crippen LogP contribution in [-0.4, -0.2) is 18.3 Å². The number of hydrogen-bond acceptors (Lipinski definition) is 3. The summed E-state index contributed by atoms with van der Waals surface area (Å²) in [4.78, 5) is 3.80. The van der Waals surface area contributed by atoms with Gasteiger partial charge in [-0.2, -0.15) is 0 Å². The molecule has 1 unspecified atom stereocenters. The summed E-state index contributed by atoms with van der Waals surface area (Å²) in [5.74, 6) is 0. The molecular weight excluding hydrogens is 364 g/mol. The molecule has 0 radical (unpaired) electrons. The minimum atomic E-state index is -3.93. The number of rotatable bonds is 5. The minimum Gasteiger partial charge on any atom is -0.356 e. The first-order valence-corrected chi connectivity index (χ1v) is 10.1. The monoisotopic (exact) mass is 384 g/mol. The lowest BCUT2D eigenvalue weighted by molar-refractivity contribution is 0.563. The highest BCUT2D eigenvalue weighted by atomic mass is 32.2. The van der Waals surface area contributed by atoms with Crippen molar-refractivity contribution in [2.24, 2.45) is 5.14 Å². The van der Waals surface area contributed by atoms with E-state index < -0.39 is 14.8 Å². The average Bonchev–Trinajstić information content (AvgIpc) is 3.11. The van der Waals surface area contributed by atoms with Crippen LogP contribution in [0.4, 0.5) is 0 Å². The van der Waals surface area contributed by atoms with Crippen molar-refractivity contribution in [1.29, 1.82) is 0 Å². The quantitative estimate of drug-likeness (QED) is 0.521. The highest BCUT2D eigenvalue weighted by Crippen LogP contribution is 2.35. The van der Waals surface area contributed by atoms with E-state index in [-0.39, 0.29) is 0 Å². The zero-order chi connectivity index (χ0) is 18.9. The number of primary sulfonamides is 1. The predicted octanol–water partition coefficient (Wildman–Crippen LogP) is 3.64. The van der Waals surface area contributed by atoms with Crippen LogP contribution in [0, 0.1) is 6.92 Å². The Balaban J connectivity index is 2.06. The van der Waals surface area contributed by atoms with Crippen LogP contribution in [0.2, 0.25) is 0 Å². The van der Waals surface area contributed by atoms with Crippen molar-refractivity contribution < 1.29 is 8.42 Å². The molecule has 0 aliphatic heterocycles. The topological polar surface area (TPSA) is 76.0 Å². The van der Waals surface area contributed by atoms with Crippen molar-refractivity contribution in [2.75, 3.05) is 0 Å². The number of sulfonamides is 1. The van der Waals surface area contributed by atoms with Crippen LogP contribution in [0.15, 0.2) is 66.7 Å². The largest absolute Gasteiger partial charge is 0.356 e. The molecule has 0 bridgehead atoms. The van der Waals surface area contributed by atoms with Gasteiger partial charge in [-0.1, -0.05) is 72.4 Å². The molecule has 1 atom stereocenters. The summed E-state index contributed by atoms with van der Waals surface area (Å²) in [6.07, 6.45) is 0. The van der Waals surface area contributed by atoms with Crippen molar-refractivity contribution in [3.05, 3.63) is 94.8 Å². The van der Waals surface area contributed by atoms with Gasteiger partial charge in [-0.05, 0) is 37.1 Å². The third-order valence-corrected chi connectivity index (χ3v) is 6.70. The second kappa shape index (κ2) is 6.79. The van der Waals surface area contributed by atoms with Gasteiger partial charge < -0.3 is 4.98 Å². The van der Waals surface area contributed by atoms with Gasteiger partial charge in [-0.25, -0.2) is 13.6 Å². The zero-order valence-electron chi connectivity index (χ0n) is 14.6. The Morgan fingerprint density at radius 2 is 1.62 bits per heavy atom. The number of nitrogens with two attached hydrogens (primary N) is 1. The van der Waals surface area contributed by atoms with Gasteiger partial charge in [0.25, 0.3) is 0 Å². The molecule has 6 heteroatoms. The molecule has 0 aliphatic rings. The van der Waals surface area contributed by atoms with E-state index in [2.05, 4.69) is 4.98 Å². The molecule has 3 rings (SSSR count). The molecule has 3 N–H and O–H groups in total. The van der Waals surface area contributed by atoms with Gasteiger partial charge in [-0.15, -0.1) is 0 Å². The van der Waals surface area contributed by atoms with E-state index in [1.54, 1.807) is 43.3 Å². The Kier molecular flexibility index (Phi) is 4.84. The Bertz CT molecular complexity index is 1040. The Morgan fingerprint density at radius 1 is 1.00 bits per heavy atom. The van der Waals surface area contributed by atoms with E-state index >= 15 is 0 Å². The maximum absolute atomic E-state index is 12.5. The first-order valence-electron chi connectivity index (χ1n) is 8.12. The van der Waals surface area contributed by atoms with Crippen molar-refractivity contribution in [1.82, 2.24) is 4.98 Å². The van der Waals surface area contributed by atoms with Crippen molar-refractivity contribution in [2.45, 2.75) is 18.6 Å². The van der Waals surface area contributed by atoms with Crippen molar-refractivity contribution >= 4 is 27.1 Å². The Labute approximate surface area is 159 Å². The van der Waals surface area contributed by atoms with E-state index in [0.717, 1.165) is 11.1 Å². The fourth-order valence-electron chi connectivity index (χ4n) is 2.90. The summed E-state index contributed by atoms with van der Waals surface area (Å²) in [6, 6.07) is 20.3. The summed E-state index contributed by atoms with van der Waals surface area (Å²) in [5, 5.41) is 5.61. The van der Waals surface area contributed by atoms with Crippen LogP contribution in [0.5, 0.6) is 0 Å². The molecule has 4 nitrogen and oxygen atoms in total. The smallest absolute Gasteiger partial charge is 0.224 e. The maximum atomic E-state index is 12.5. The summed E-state index contributed by atoms with van der Waals surface area (Å²) in [5.41, 5.74) is 3.81. The zero-order valence-corrected chi connectivity index (χ0v) is 16.2. The summed E-state index contributed by atoms with van der Waals surface area (Å²) >= 11 is 5.56. The first-order chi connectivity index (χ1) is 12.2. The minimum absolute atomic E-state index is 0.482. The molecule has 0 saturated carbocycles. The summed E-state index contributed by atoms with van der Waals surface area (Å²) in [6.45, 7) is 3.61. The lowest BCUT2D eigenvalue weighted by atomic mass is 9.97. The van der Waals surface area contributed by atoms with Gasteiger partial charge >= 0.3 is 0 Å². The third-order valence-electron chi connectivity index (χ3n) is 4.65. The van der Waals surface area contributed by atoms with Gasteiger partial charge in [0.15, 0.2) is 0 Å². The molecular formula is C20H20N2O2S2. The van der Waals surface area contributed by atoms with E-state index in [0.29, 0.717) is 21.8 Å². The number of hydrogen-bond donors (Lipinski definition) is 2. The standard InChI is InChI=1S/C20H20N2O2S2/c1-14-8-10-15(11-9-14)19(25)17-12-13-18(22-17)20(2,26(21,23)24)16-6-4-3-5-7-16/h3-13,22H,1-2H3,(H2,21,23,24). The molecule has 26 heavy (non-hydrogen) atoms. The highest BCUT2D eigenvalue weighted by Gasteiger charge is 2.41. The van der Waals surface area contributed by atoms with Crippen LogP contribution in [-0.2, 0) is 14.8 Å². The second-order valence-corrected chi connectivity index (χ2v) is 8.74. The van der Waals surface area contributed by atoms with Crippen molar-refractivity contribution in [3.8, 4) is 0 Å². The molecule has 134 valence electrons. The number of H-pyrrole nitrogens is 1. The van der Waals surface area contributed by atoms with Crippen LogP contribution < -0.4 is 5.14 Å². The third kappa shape index (κ3) is 3.23. The number of aromatic nitrogens is 1. The summed E-state index contributed by atoms with van der Waals surface area (Å²) < 4.78 is 23.5. The normalized spacial score (nSPS) is 14.0. The molecule has 0 fully saturated rings. The second-order valence-electron chi connectivity index (χ2n) is 6.43. The molecule has 1 heterocycles. The van der Waals surface area contributed by atoms with Gasteiger partial charge in [-0.3, -0.25) is 0 Å². The van der Waals surface area contributed by atoms with E-state index in [9.17, 15) is 8.42 Å². The van der Waals surface area contributed by atoms with E-state index in [1.165, 1.54) is 0 Å². The fraction of sp³-hybridized carbons (Fsp3) is 0.150. The van der Waals surface area contributed by atoms with Gasteiger partial charge in [0, 0.05) is 5.69 Å². The highest BCUT2D eigenvalue weighted by molar-refractivity contribution is 7.90. The van der Waals surface area contributed by atoms with Crippen LogP contribution in [0.25, 0.3) is 0 Å². The molecule has 1 aromatic heterocycles. The van der Waals surface area contributed by atoms with Gasteiger partial charge in [0.05, 0.1) is 10.6 Å². The molecule has 0 aliphatic carbocycles. The maximum Gasteiger partial charge on any atom is 0.224 e. The predicted molar refractivity (Wildman–Crippen MR) is 109 cm³/mol. The van der Waals surface area contributed by atoms with Crippen LogP contribution in [0.1, 0.15) is 35.0 Å². The number of aryl methyl sites for hydroxylation is 1. The summed E-state index contributed by atoms with van der Waals surface area (Å²) in [7, 11) is -3.93. The van der Waals surface area contributed by atoms with E-state index in [1.807, 2.05) is 37.3 Å². The number of thiocarbonyl (C=S) groups is 1. The van der Waals surface area contributed by atoms with Crippen LogP contribution in [0.3, 0.4) is 0 Å².